The van der Waals surface area contributed by atoms with Crippen molar-refractivity contribution in [3.05, 3.63) is 55.1 Å². The summed E-state index contributed by atoms with van der Waals surface area (Å²) < 4.78 is 67.4. The van der Waals surface area contributed by atoms with E-state index >= 15 is 0 Å². The van der Waals surface area contributed by atoms with E-state index in [0.29, 0.717) is 11.5 Å². The van der Waals surface area contributed by atoms with E-state index in [4.69, 9.17) is 0 Å². The minimum Gasteiger partial charge on any atom is -0.356 e. The first-order valence-corrected chi connectivity index (χ1v) is 12.5. The molecule has 1 aromatic carbocycles. The van der Waals surface area contributed by atoms with Crippen LogP contribution in [0.3, 0.4) is 0 Å². The second-order valence-corrected chi connectivity index (χ2v) is 10.2. The minimum absolute atomic E-state index is 0.103. The van der Waals surface area contributed by atoms with E-state index in [9.17, 15) is 21.6 Å². The number of hydrogen-bond donors (Lipinski definition) is 1. The largest absolute Gasteiger partial charge is 0.540 e. The molecular formula is C22H22F3N7O3S. The van der Waals surface area contributed by atoms with Gasteiger partial charge in [-0.1, -0.05) is 22.7 Å². The number of nitrogens with zero attached hydrogens (tertiary/aromatic N) is 6. The molecular weight excluding hydrogens is 499 g/mol. The quantitative estimate of drug-likeness (QED) is 0.387. The van der Waals surface area contributed by atoms with Crippen molar-refractivity contribution in [3.8, 4) is 11.3 Å². The van der Waals surface area contributed by atoms with E-state index in [1.54, 1.807) is 16.9 Å². The Morgan fingerprint density at radius 1 is 1.14 bits per heavy atom. The number of anilines is 1. The number of hydroxylamine groups is 1. The van der Waals surface area contributed by atoms with Crippen LogP contribution in [0, 0.1) is 0 Å². The molecule has 0 amide bonds. The molecule has 14 heteroatoms. The minimum atomic E-state index is -5.16. The number of sulfonamides is 1. The monoisotopic (exact) mass is 521 g/mol. The van der Waals surface area contributed by atoms with Crippen LogP contribution in [-0.2, 0) is 21.9 Å². The average Bonchev–Trinajstić information content (AvgIpc) is 3.49. The van der Waals surface area contributed by atoms with E-state index in [1.807, 2.05) is 24.2 Å². The molecule has 0 saturated carbocycles. The Hall–Kier alpha value is -3.49. The van der Waals surface area contributed by atoms with Gasteiger partial charge in [0.25, 0.3) is 10.0 Å². The Bertz CT molecular complexity index is 1460. The van der Waals surface area contributed by atoms with Crippen LogP contribution < -0.4 is 4.90 Å². The normalized spacial score (nSPS) is 15.8. The van der Waals surface area contributed by atoms with Crippen LogP contribution in [-0.4, -0.2) is 63.1 Å². The number of aromatic amines is 1. The molecule has 190 valence electrons. The van der Waals surface area contributed by atoms with Gasteiger partial charge in [-0.3, -0.25) is 4.68 Å². The van der Waals surface area contributed by atoms with Crippen LogP contribution in [0.15, 0.2) is 60.0 Å². The molecule has 1 N–H and O–H groups in total. The standard InChI is InChI=1S/C22H22F3N7O3S/c1-30-13-15(12-28-30)19-11-18-20(29-19)26-14-27-21(18)31-9-7-16(8-10-31)32(35-22(23,24)25)36(33,34)17-5-3-2-4-6-17/h2-6,11-14,16H,7-10H2,1H3,(H,26,27,29). The molecule has 1 aliphatic heterocycles. The highest BCUT2D eigenvalue weighted by Gasteiger charge is 2.44. The van der Waals surface area contributed by atoms with Gasteiger partial charge in [0.05, 0.1) is 28.2 Å². The summed E-state index contributed by atoms with van der Waals surface area (Å²) in [5.74, 6) is 0.610. The van der Waals surface area contributed by atoms with Crippen molar-refractivity contribution in [2.45, 2.75) is 30.1 Å². The highest BCUT2D eigenvalue weighted by Crippen LogP contribution is 2.33. The molecule has 1 saturated heterocycles. The summed E-state index contributed by atoms with van der Waals surface area (Å²) in [6.07, 6.45) is 0.0241. The molecule has 0 atom stereocenters. The van der Waals surface area contributed by atoms with Gasteiger partial charge in [-0.2, -0.15) is 9.94 Å². The third-order valence-corrected chi connectivity index (χ3v) is 7.67. The zero-order valence-corrected chi connectivity index (χ0v) is 19.9. The van der Waals surface area contributed by atoms with Crippen LogP contribution in [0.5, 0.6) is 0 Å². The Morgan fingerprint density at radius 3 is 2.50 bits per heavy atom. The van der Waals surface area contributed by atoms with Crippen molar-refractivity contribution in [1.82, 2.24) is 29.2 Å². The lowest BCUT2D eigenvalue weighted by Crippen LogP contribution is -2.49. The van der Waals surface area contributed by atoms with E-state index in [-0.39, 0.29) is 35.3 Å². The molecule has 1 fully saturated rings. The van der Waals surface area contributed by atoms with Gasteiger partial charge in [0.1, 0.15) is 17.8 Å². The number of hydrogen-bond acceptors (Lipinski definition) is 7. The number of benzene rings is 1. The first kappa shape index (κ1) is 24.2. The van der Waals surface area contributed by atoms with Gasteiger partial charge in [0, 0.05) is 31.9 Å². The van der Waals surface area contributed by atoms with Crippen molar-refractivity contribution in [3.63, 3.8) is 0 Å². The Balaban J connectivity index is 1.39. The van der Waals surface area contributed by atoms with Crippen LogP contribution >= 0.6 is 0 Å². The topological polar surface area (TPSA) is 109 Å². The number of rotatable bonds is 6. The molecule has 0 spiro atoms. The van der Waals surface area contributed by atoms with Gasteiger partial charge < -0.3 is 9.88 Å². The van der Waals surface area contributed by atoms with Gasteiger partial charge in [0.2, 0.25) is 0 Å². The smallest absolute Gasteiger partial charge is 0.356 e. The van der Waals surface area contributed by atoms with Gasteiger partial charge in [-0.05, 0) is 31.0 Å². The number of fused-ring (bicyclic) bond motifs is 1. The zero-order chi connectivity index (χ0) is 25.5. The van der Waals surface area contributed by atoms with Gasteiger partial charge in [-0.25, -0.2) is 18.4 Å². The third kappa shape index (κ3) is 4.79. The van der Waals surface area contributed by atoms with E-state index in [1.165, 1.54) is 30.6 Å². The summed E-state index contributed by atoms with van der Waals surface area (Å²) >= 11 is 0. The van der Waals surface area contributed by atoms with Crippen molar-refractivity contribution in [2.24, 2.45) is 7.05 Å². The number of aromatic nitrogens is 5. The molecule has 1 aliphatic rings. The summed E-state index contributed by atoms with van der Waals surface area (Å²) in [6, 6.07) is 7.82. The summed E-state index contributed by atoms with van der Waals surface area (Å²) in [4.78, 5) is 17.6. The number of aryl methyl sites for hydroxylation is 1. The average molecular weight is 522 g/mol. The maximum absolute atomic E-state index is 13.2. The van der Waals surface area contributed by atoms with E-state index < -0.39 is 22.4 Å². The number of nitrogens with one attached hydrogen (secondary N) is 1. The molecule has 0 radical (unpaired) electrons. The van der Waals surface area contributed by atoms with Gasteiger partial charge in [0.15, 0.2) is 0 Å². The molecule has 36 heavy (non-hydrogen) atoms. The first-order valence-electron chi connectivity index (χ1n) is 11.0. The fourth-order valence-electron chi connectivity index (χ4n) is 4.30. The molecule has 0 bridgehead atoms. The van der Waals surface area contributed by atoms with Crippen molar-refractivity contribution in [1.29, 1.82) is 0 Å². The van der Waals surface area contributed by atoms with E-state index in [0.717, 1.165) is 16.6 Å². The highest BCUT2D eigenvalue weighted by molar-refractivity contribution is 7.89. The summed E-state index contributed by atoms with van der Waals surface area (Å²) in [5.41, 5.74) is 2.27. The SMILES string of the molecule is Cn1cc(-c2cc3c(N4CCC(N(OC(F)(F)F)S(=O)(=O)c5ccccc5)CC4)ncnc3[nH]2)cn1. The fraction of sp³-hybridized carbons (Fsp3) is 0.318. The molecule has 0 unspecified atom stereocenters. The number of H-pyrrole nitrogens is 1. The fourth-order valence-corrected chi connectivity index (χ4v) is 5.80. The van der Waals surface area contributed by atoms with Crippen LogP contribution in [0.2, 0.25) is 0 Å². The van der Waals surface area contributed by atoms with Crippen molar-refractivity contribution in [2.75, 3.05) is 18.0 Å². The number of piperidine rings is 1. The lowest BCUT2D eigenvalue weighted by atomic mass is 10.1. The second kappa shape index (κ2) is 9.19. The van der Waals surface area contributed by atoms with Crippen LogP contribution in [0.1, 0.15) is 12.8 Å². The number of halogens is 3. The summed E-state index contributed by atoms with van der Waals surface area (Å²) in [6.45, 7) is 0.540. The first-order chi connectivity index (χ1) is 17.1. The van der Waals surface area contributed by atoms with Gasteiger partial charge in [-0.15, -0.1) is 13.2 Å². The van der Waals surface area contributed by atoms with E-state index in [2.05, 4.69) is 24.9 Å². The molecule has 3 aromatic heterocycles. The molecule has 10 nitrogen and oxygen atoms in total. The summed E-state index contributed by atoms with van der Waals surface area (Å²) in [5, 5.41) is 4.92. The van der Waals surface area contributed by atoms with Crippen molar-refractivity contribution >= 4 is 26.9 Å². The Morgan fingerprint density at radius 2 is 1.86 bits per heavy atom. The maximum Gasteiger partial charge on any atom is 0.540 e. The molecule has 5 rings (SSSR count). The lowest BCUT2D eigenvalue weighted by Gasteiger charge is -2.37. The predicted molar refractivity (Wildman–Crippen MR) is 124 cm³/mol. The summed E-state index contributed by atoms with van der Waals surface area (Å²) in [7, 11) is -2.73. The number of alkyl halides is 3. The van der Waals surface area contributed by atoms with Crippen molar-refractivity contribution < 1.29 is 26.4 Å². The van der Waals surface area contributed by atoms with Gasteiger partial charge >= 0.3 is 6.36 Å². The van der Waals surface area contributed by atoms with Crippen LogP contribution in [0.4, 0.5) is 19.0 Å². The lowest BCUT2D eigenvalue weighted by molar-refractivity contribution is -0.397. The maximum atomic E-state index is 13.2. The molecule has 0 aliphatic carbocycles. The zero-order valence-electron chi connectivity index (χ0n) is 19.1. The molecule has 4 aromatic rings. The van der Waals surface area contributed by atoms with Crippen LogP contribution in [0.25, 0.3) is 22.3 Å². The second-order valence-electron chi connectivity index (χ2n) is 8.37. The highest BCUT2D eigenvalue weighted by atomic mass is 32.2. The Labute approximate surface area is 204 Å². The predicted octanol–water partition coefficient (Wildman–Crippen LogP) is 3.47. The molecule has 4 heterocycles. The third-order valence-electron chi connectivity index (χ3n) is 5.95. The Kier molecular flexibility index (Phi) is 6.18.